The van der Waals surface area contributed by atoms with Crippen molar-refractivity contribution in [1.29, 1.82) is 0 Å². The minimum Gasteiger partial charge on any atom is -0.367 e. The van der Waals surface area contributed by atoms with E-state index < -0.39 is 4.92 Å². The zero-order chi connectivity index (χ0) is 13.3. The van der Waals surface area contributed by atoms with Gasteiger partial charge >= 0.3 is 0 Å². The van der Waals surface area contributed by atoms with E-state index in [1.165, 1.54) is 12.5 Å². The van der Waals surface area contributed by atoms with E-state index in [9.17, 15) is 10.1 Å². The summed E-state index contributed by atoms with van der Waals surface area (Å²) in [6.07, 6.45) is 3.53. The lowest BCUT2D eigenvalue weighted by Crippen LogP contribution is -2.38. The van der Waals surface area contributed by atoms with Crippen molar-refractivity contribution in [3.05, 3.63) is 32.8 Å². The Balaban J connectivity index is 2.41. The van der Waals surface area contributed by atoms with Crippen molar-refractivity contribution in [3.63, 3.8) is 0 Å². The maximum absolute atomic E-state index is 10.8. The Hall–Kier alpha value is -1.29. The number of rotatable bonds is 2. The predicted octanol–water partition coefficient (Wildman–Crippen LogP) is 3.94. The molecule has 1 aromatic rings. The van der Waals surface area contributed by atoms with Crippen molar-refractivity contribution >= 4 is 23.0 Å². The minimum absolute atomic E-state index is 0.0610. The third-order valence-electron chi connectivity index (χ3n) is 3.54. The summed E-state index contributed by atoms with van der Waals surface area (Å²) in [7, 11) is 0. The highest BCUT2D eigenvalue weighted by molar-refractivity contribution is 6.33. The zero-order valence-electron chi connectivity index (χ0n) is 10.6. The first-order valence-corrected chi connectivity index (χ1v) is 6.59. The topological polar surface area (TPSA) is 46.4 Å². The van der Waals surface area contributed by atoms with Gasteiger partial charge in [-0.25, -0.2) is 0 Å². The summed E-state index contributed by atoms with van der Waals surface area (Å²) < 4.78 is 0. The number of benzene rings is 1. The summed E-state index contributed by atoms with van der Waals surface area (Å²) >= 11 is 6.23. The molecule has 1 aliphatic rings. The molecule has 4 nitrogen and oxygen atoms in total. The largest absolute Gasteiger partial charge is 0.367 e. The summed E-state index contributed by atoms with van der Waals surface area (Å²) in [4.78, 5) is 12.7. The molecule has 1 fully saturated rings. The summed E-state index contributed by atoms with van der Waals surface area (Å²) in [5.74, 6) is 0. The first-order valence-electron chi connectivity index (χ1n) is 6.22. The van der Waals surface area contributed by atoms with E-state index in [2.05, 4.69) is 11.8 Å². The molecule has 18 heavy (non-hydrogen) atoms. The van der Waals surface area contributed by atoms with E-state index >= 15 is 0 Å². The van der Waals surface area contributed by atoms with Crippen LogP contribution in [-0.2, 0) is 0 Å². The van der Waals surface area contributed by atoms with Crippen LogP contribution in [0.4, 0.5) is 11.4 Å². The molecule has 1 atom stereocenters. The number of nitro groups is 1. The van der Waals surface area contributed by atoms with Gasteiger partial charge in [0.15, 0.2) is 0 Å². The molecule has 0 aromatic heterocycles. The molecule has 0 aliphatic carbocycles. The summed E-state index contributed by atoms with van der Waals surface area (Å²) in [6, 6.07) is 3.49. The number of hydrogen-bond acceptors (Lipinski definition) is 3. The number of nitrogens with zero attached hydrogens (tertiary/aromatic N) is 2. The summed E-state index contributed by atoms with van der Waals surface area (Å²) in [5.41, 5.74) is 1.89. The average molecular weight is 269 g/mol. The molecule has 98 valence electrons. The number of nitro benzene ring substituents is 1. The fourth-order valence-corrected chi connectivity index (χ4v) is 2.99. The lowest BCUT2D eigenvalue weighted by molar-refractivity contribution is -0.384. The van der Waals surface area contributed by atoms with Crippen molar-refractivity contribution in [3.8, 4) is 0 Å². The summed E-state index contributed by atoms with van der Waals surface area (Å²) in [6.45, 7) is 5.03. The van der Waals surface area contributed by atoms with Gasteiger partial charge in [-0.15, -0.1) is 0 Å². The molecule has 0 unspecified atom stereocenters. The van der Waals surface area contributed by atoms with Crippen molar-refractivity contribution in [2.45, 2.75) is 39.2 Å². The van der Waals surface area contributed by atoms with Gasteiger partial charge < -0.3 is 4.90 Å². The lowest BCUT2D eigenvalue weighted by atomic mass is 10.0. The van der Waals surface area contributed by atoms with Gasteiger partial charge in [0.1, 0.15) is 0 Å². The van der Waals surface area contributed by atoms with Crippen LogP contribution in [0, 0.1) is 17.0 Å². The van der Waals surface area contributed by atoms with Crippen molar-refractivity contribution in [2.24, 2.45) is 0 Å². The number of anilines is 1. The number of aryl methyl sites for hydroxylation is 1. The highest BCUT2D eigenvalue weighted by atomic mass is 35.5. The average Bonchev–Trinajstić information content (AvgIpc) is 2.30. The molecule has 0 N–H and O–H groups in total. The maximum Gasteiger partial charge on any atom is 0.271 e. The van der Waals surface area contributed by atoms with Gasteiger partial charge in [0.25, 0.3) is 5.69 Å². The van der Waals surface area contributed by atoms with Gasteiger partial charge in [-0.1, -0.05) is 11.6 Å². The van der Waals surface area contributed by atoms with Crippen molar-refractivity contribution < 1.29 is 4.92 Å². The van der Waals surface area contributed by atoms with Crippen LogP contribution in [0.2, 0.25) is 5.02 Å². The third-order valence-corrected chi connectivity index (χ3v) is 3.83. The number of halogens is 1. The van der Waals surface area contributed by atoms with E-state index in [0.717, 1.165) is 30.6 Å². The molecule has 0 amide bonds. The predicted molar refractivity (Wildman–Crippen MR) is 73.5 cm³/mol. The number of non-ortho nitro benzene ring substituents is 1. The molecule has 0 spiro atoms. The van der Waals surface area contributed by atoms with Crippen LogP contribution in [0.15, 0.2) is 12.1 Å². The molecular formula is C13H17ClN2O2. The van der Waals surface area contributed by atoms with Crippen molar-refractivity contribution in [2.75, 3.05) is 11.4 Å². The molecule has 0 bridgehead atoms. The second kappa shape index (κ2) is 5.14. The Kier molecular flexibility index (Phi) is 3.76. The molecule has 0 radical (unpaired) electrons. The number of hydrogen-bond donors (Lipinski definition) is 0. The molecule has 5 heteroatoms. The van der Waals surface area contributed by atoms with E-state index in [4.69, 9.17) is 11.6 Å². The van der Waals surface area contributed by atoms with Gasteiger partial charge in [-0.05, 0) is 38.7 Å². The van der Waals surface area contributed by atoms with Gasteiger partial charge in [0.2, 0.25) is 0 Å². The highest BCUT2D eigenvalue weighted by Crippen LogP contribution is 2.36. The first kappa shape index (κ1) is 13.1. The Morgan fingerprint density at radius 1 is 1.44 bits per heavy atom. The maximum atomic E-state index is 10.8. The van der Waals surface area contributed by atoms with Crippen LogP contribution in [0.5, 0.6) is 0 Å². The van der Waals surface area contributed by atoms with Gasteiger partial charge in [-0.2, -0.15) is 0 Å². The van der Waals surface area contributed by atoms with E-state index in [1.807, 2.05) is 6.92 Å². The Morgan fingerprint density at radius 3 is 2.72 bits per heavy atom. The van der Waals surface area contributed by atoms with E-state index in [0.29, 0.717) is 11.1 Å². The van der Waals surface area contributed by atoms with Crippen LogP contribution in [0.1, 0.15) is 31.7 Å². The summed E-state index contributed by atoms with van der Waals surface area (Å²) in [5, 5.41) is 11.3. The second-order valence-electron chi connectivity index (χ2n) is 4.89. The quantitative estimate of drug-likeness (QED) is 0.603. The van der Waals surface area contributed by atoms with Gasteiger partial charge in [0.05, 0.1) is 15.6 Å². The van der Waals surface area contributed by atoms with Gasteiger partial charge in [-0.3, -0.25) is 10.1 Å². The molecule has 1 aliphatic heterocycles. The van der Waals surface area contributed by atoms with Crippen LogP contribution in [0.25, 0.3) is 0 Å². The van der Waals surface area contributed by atoms with E-state index in [-0.39, 0.29) is 5.69 Å². The molecule has 1 saturated heterocycles. The Morgan fingerprint density at radius 2 is 2.17 bits per heavy atom. The lowest BCUT2D eigenvalue weighted by Gasteiger charge is -2.36. The van der Waals surface area contributed by atoms with Crippen LogP contribution >= 0.6 is 11.6 Å². The zero-order valence-corrected chi connectivity index (χ0v) is 11.4. The molecular weight excluding hydrogens is 252 g/mol. The van der Waals surface area contributed by atoms with Gasteiger partial charge in [0, 0.05) is 24.7 Å². The van der Waals surface area contributed by atoms with Crippen LogP contribution in [-0.4, -0.2) is 17.5 Å². The van der Waals surface area contributed by atoms with Crippen LogP contribution in [0.3, 0.4) is 0 Å². The highest BCUT2D eigenvalue weighted by Gasteiger charge is 2.24. The fourth-order valence-electron chi connectivity index (χ4n) is 2.62. The third kappa shape index (κ3) is 2.43. The van der Waals surface area contributed by atoms with Crippen LogP contribution < -0.4 is 4.90 Å². The molecule has 0 saturated carbocycles. The molecule has 2 rings (SSSR count). The molecule has 1 aromatic carbocycles. The Labute approximate surface area is 112 Å². The Bertz CT molecular complexity index is 453. The molecule has 1 heterocycles. The normalized spacial score (nSPS) is 19.9. The SMILES string of the molecule is Cc1cc([N+](=O)[O-])cc(Cl)c1N1CCCC[C@H]1C. The second-order valence-corrected chi connectivity index (χ2v) is 5.30. The number of piperidine rings is 1. The minimum atomic E-state index is -0.401. The monoisotopic (exact) mass is 268 g/mol. The fraction of sp³-hybridized carbons (Fsp3) is 0.538. The van der Waals surface area contributed by atoms with E-state index in [1.54, 1.807) is 6.07 Å². The van der Waals surface area contributed by atoms with Crippen molar-refractivity contribution in [1.82, 2.24) is 0 Å². The standard InChI is InChI=1S/C13H17ClN2O2/c1-9-7-11(16(17)18)8-12(14)13(9)15-6-4-3-5-10(15)2/h7-8,10H,3-6H2,1-2H3/t10-/m1/s1. The smallest absolute Gasteiger partial charge is 0.271 e. The first-order chi connectivity index (χ1) is 8.50.